The quantitative estimate of drug-likeness (QED) is 0.849. The molecule has 8 heteroatoms. The Kier molecular flexibility index (Phi) is 5.45. The Labute approximate surface area is 140 Å². The molecule has 21 heavy (non-hydrogen) atoms. The number of hydrogen-bond donors (Lipinski definition) is 2. The van der Waals surface area contributed by atoms with Gasteiger partial charge in [-0.25, -0.2) is 13.1 Å². The molecule has 2 rings (SSSR count). The fraction of sp³-hybridized carbons (Fsp3) is 0.538. The molecule has 0 aliphatic heterocycles. The van der Waals surface area contributed by atoms with E-state index in [9.17, 15) is 8.42 Å². The predicted molar refractivity (Wildman–Crippen MR) is 86.7 cm³/mol. The molecule has 0 radical (unpaired) electrons. The van der Waals surface area contributed by atoms with E-state index in [0.717, 1.165) is 32.1 Å². The number of hydrogen-bond acceptors (Lipinski definition) is 3. The molecule has 1 saturated carbocycles. The summed E-state index contributed by atoms with van der Waals surface area (Å²) in [5, 5.41) is 0.274. The van der Waals surface area contributed by atoms with Crippen LogP contribution in [0.3, 0.4) is 0 Å². The number of rotatable bonds is 4. The van der Waals surface area contributed by atoms with E-state index < -0.39 is 15.6 Å². The van der Waals surface area contributed by atoms with Crippen molar-refractivity contribution >= 4 is 44.8 Å². The Morgan fingerprint density at radius 3 is 2.14 bits per heavy atom. The van der Waals surface area contributed by atoms with Gasteiger partial charge in [-0.1, -0.05) is 54.1 Å². The molecule has 0 spiro atoms. The van der Waals surface area contributed by atoms with Crippen molar-refractivity contribution in [1.29, 1.82) is 0 Å². The van der Waals surface area contributed by atoms with Crippen molar-refractivity contribution in [2.75, 3.05) is 6.54 Å². The first-order valence-electron chi connectivity index (χ1n) is 6.67. The zero-order valence-corrected chi connectivity index (χ0v) is 14.4. The maximum Gasteiger partial charge on any atom is 0.243 e. The van der Waals surface area contributed by atoms with E-state index in [1.54, 1.807) is 0 Å². The summed E-state index contributed by atoms with van der Waals surface area (Å²) in [5.41, 5.74) is 5.73. The van der Waals surface area contributed by atoms with Crippen LogP contribution in [0.1, 0.15) is 32.1 Å². The molecule has 3 N–H and O–H groups in total. The minimum absolute atomic E-state index is 0.00489. The van der Waals surface area contributed by atoms with Crippen LogP contribution in [0, 0.1) is 0 Å². The average molecular weight is 372 g/mol. The lowest BCUT2D eigenvalue weighted by Crippen LogP contribution is -2.51. The maximum absolute atomic E-state index is 12.4. The molecule has 1 aliphatic carbocycles. The first-order valence-corrected chi connectivity index (χ1v) is 9.28. The molecule has 0 atom stereocenters. The summed E-state index contributed by atoms with van der Waals surface area (Å²) in [5.74, 6) is 0. The number of benzene rings is 1. The van der Waals surface area contributed by atoms with Crippen LogP contribution >= 0.6 is 34.8 Å². The third kappa shape index (κ3) is 4.24. The van der Waals surface area contributed by atoms with Gasteiger partial charge >= 0.3 is 0 Å². The first-order chi connectivity index (χ1) is 9.73. The Morgan fingerprint density at radius 2 is 1.62 bits per heavy atom. The molecule has 1 aromatic rings. The minimum atomic E-state index is -3.83. The standard InChI is InChI=1S/C13H17Cl3N2O2S/c14-9-6-10(15)12(11(16)7-9)21(19,20)18-8-13(17)4-2-1-3-5-13/h6-7,18H,1-5,8,17H2. The van der Waals surface area contributed by atoms with E-state index in [-0.39, 0.29) is 26.5 Å². The van der Waals surface area contributed by atoms with E-state index in [2.05, 4.69) is 4.72 Å². The Morgan fingerprint density at radius 1 is 1.10 bits per heavy atom. The molecule has 0 unspecified atom stereocenters. The molecular formula is C13H17Cl3N2O2S. The first kappa shape index (κ1) is 17.3. The van der Waals surface area contributed by atoms with Crippen molar-refractivity contribution in [2.45, 2.75) is 42.5 Å². The van der Waals surface area contributed by atoms with E-state index >= 15 is 0 Å². The third-order valence-electron chi connectivity index (χ3n) is 3.70. The van der Waals surface area contributed by atoms with Gasteiger partial charge in [0.05, 0.1) is 10.0 Å². The van der Waals surface area contributed by atoms with E-state index in [1.165, 1.54) is 12.1 Å². The monoisotopic (exact) mass is 370 g/mol. The molecule has 1 aromatic carbocycles. The number of nitrogens with one attached hydrogen (secondary N) is 1. The molecular weight excluding hydrogens is 355 g/mol. The van der Waals surface area contributed by atoms with Crippen LogP contribution in [0.2, 0.25) is 15.1 Å². The van der Waals surface area contributed by atoms with Gasteiger partial charge in [-0.3, -0.25) is 0 Å². The van der Waals surface area contributed by atoms with Gasteiger partial charge in [0.2, 0.25) is 10.0 Å². The number of nitrogens with two attached hydrogens (primary N) is 1. The Balaban J connectivity index is 2.19. The van der Waals surface area contributed by atoms with Crippen molar-refractivity contribution in [3.8, 4) is 0 Å². The fourth-order valence-corrected chi connectivity index (χ4v) is 5.21. The van der Waals surface area contributed by atoms with Crippen molar-refractivity contribution in [3.05, 3.63) is 27.2 Å². The van der Waals surface area contributed by atoms with Gasteiger partial charge in [-0.15, -0.1) is 0 Å². The SMILES string of the molecule is NC1(CNS(=O)(=O)c2c(Cl)cc(Cl)cc2Cl)CCCCC1. The Bertz CT molecular complexity index is 605. The molecule has 0 heterocycles. The summed E-state index contributed by atoms with van der Waals surface area (Å²) >= 11 is 17.7. The van der Waals surface area contributed by atoms with E-state index in [4.69, 9.17) is 40.5 Å². The lowest BCUT2D eigenvalue weighted by atomic mass is 9.83. The highest BCUT2D eigenvalue weighted by atomic mass is 35.5. The lowest BCUT2D eigenvalue weighted by molar-refractivity contribution is 0.296. The largest absolute Gasteiger partial charge is 0.324 e. The summed E-state index contributed by atoms with van der Waals surface area (Å²) in [4.78, 5) is -0.158. The normalized spacial score (nSPS) is 18.7. The fourth-order valence-electron chi connectivity index (χ4n) is 2.53. The molecule has 118 valence electrons. The van der Waals surface area contributed by atoms with Crippen LogP contribution in [-0.2, 0) is 10.0 Å². The van der Waals surface area contributed by atoms with Crippen molar-refractivity contribution in [2.24, 2.45) is 5.73 Å². The van der Waals surface area contributed by atoms with Gasteiger partial charge in [-0.05, 0) is 25.0 Å². The van der Waals surface area contributed by atoms with Crippen LogP contribution in [0.4, 0.5) is 0 Å². The third-order valence-corrected chi connectivity index (χ3v) is 6.24. The molecule has 1 aliphatic rings. The van der Waals surface area contributed by atoms with Crippen LogP contribution in [0.25, 0.3) is 0 Å². The highest BCUT2D eigenvalue weighted by Gasteiger charge is 2.30. The molecule has 0 saturated heterocycles. The highest BCUT2D eigenvalue weighted by molar-refractivity contribution is 7.89. The van der Waals surface area contributed by atoms with Crippen molar-refractivity contribution < 1.29 is 8.42 Å². The number of sulfonamides is 1. The minimum Gasteiger partial charge on any atom is -0.324 e. The van der Waals surface area contributed by atoms with Gasteiger partial charge in [0, 0.05) is 17.1 Å². The second kappa shape index (κ2) is 6.60. The average Bonchev–Trinajstić information content (AvgIpc) is 2.36. The summed E-state index contributed by atoms with van der Waals surface area (Å²) < 4.78 is 27.3. The van der Waals surface area contributed by atoms with Crippen molar-refractivity contribution in [1.82, 2.24) is 4.72 Å². The van der Waals surface area contributed by atoms with Crippen LogP contribution in [-0.4, -0.2) is 20.5 Å². The second-order valence-corrected chi connectivity index (χ2v) is 8.40. The second-order valence-electron chi connectivity index (χ2n) is 5.45. The van der Waals surface area contributed by atoms with Crippen LogP contribution in [0.5, 0.6) is 0 Å². The predicted octanol–water partition coefficient (Wildman–Crippen LogP) is 3.59. The molecule has 0 amide bonds. The van der Waals surface area contributed by atoms with Crippen molar-refractivity contribution in [3.63, 3.8) is 0 Å². The van der Waals surface area contributed by atoms with Crippen LogP contribution < -0.4 is 10.5 Å². The summed E-state index contributed by atoms with van der Waals surface area (Å²) in [6.07, 6.45) is 4.77. The summed E-state index contributed by atoms with van der Waals surface area (Å²) in [7, 11) is -3.83. The summed E-state index contributed by atoms with van der Waals surface area (Å²) in [6, 6.07) is 2.70. The van der Waals surface area contributed by atoms with E-state index in [0.29, 0.717) is 0 Å². The molecule has 4 nitrogen and oxygen atoms in total. The van der Waals surface area contributed by atoms with Gasteiger partial charge in [-0.2, -0.15) is 0 Å². The summed E-state index contributed by atoms with van der Waals surface area (Å²) in [6.45, 7) is 0.171. The Hall–Kier alpha value is -0.0400. The maximum atomic E-state index is 12.4. The molecule has 0 bridgehead atoms. The smallest absolute Gasteiger partial charge is 0.243 e. The van der Waals surface area contributed by atoms with Gasteiger partial charge < -0.3 is 5.73 Å². The van der Waals surface area contributed by atoms with Gasteiger partial charge in [0.15, 0.2) is 0 Å². The number of halogens is 3. The topological polar surface area (TPSA) is 72.2 Å². The lowest BCUT2D eigenvalue weighted by Gasteiger charge is -2.33. The van der Waals surface area contributed by atoms with Crippen LogP contribution in [0.15, 0.2) is 17.0 Å². The molecule has 0 aromatic heterocycles. The van der Waals surface area contributed by atoms with Gasteiger partial charge in [0.25, 0.3) is 0 Å². The molecule has 1 fully saturated rings. The zero-order valence-electron chi connectivity index (χ0n) is 11.3. The van der Waals surface area contributed by atoms with E-state index in [1.807, 2.05) is 0 Å². The van der Waals surface area contributed by atoms with Gasteiger partial charge in [0.1, 0.15) is 4.90 Å². The highest BCUT2D eigenvalue weighted by Crippen LogP contribution is 2.33. The zero-order chi connectivity index (χ0) is 15.7.